The maximum absolute atomic E-state index is 5.39. The molecule has 0 saturated heterocycles. The summed E-state index contributed by atoms with van der Waals surface area (Å²) in [6.45, 7) is 4.31. The summed E-state index contributed by atoms with van der Waals surface area (Å²) in [6.07, 6.45) is 6.70. The highest BCUT2D eigenvalue weighted by Crippen LogP contribution is 2.07. The maximum Gasteiger partial charge on any atom is 0.209 e. The largest absolute Gasteiger partial charge is 0.475 e. The third-order valence-electron chi connectivity index (χ3n) is 2.42. The third-order valence-corrected chi connectivity index (χ3v) is 2.42. The molecular formula is C14H15NO. The molecule has 16 heavy (non-hydrogen) atoms. The van der Waals surface area contributed by atoms with Crippen molar-refractivity contribution in [3.05, 3.63) is 60.7 Å². The Balaban J connectivity index is 1.89. The average molecular weight is 213 g/mol. The standard InChI is InChI=1S/C14H15NO/c1-2-13-11-16-14(15-13)10-6-9-12-7-4-3-5-8-12/h2-8,10,13H,1,9,11H2. The minimum Gasteiger partial charge on any atom is -0.475 e. The molecule has 1 heterocycles. The first-order valence-corrected chi connectivity index (χ1v) is 5.42. The fourth-order valence-corrected chi connectivity index (χ4v) is 1.53. The fourth-order valence-electron chi connectivity index (χ4n) is 1.53. The predicted octanol–water partition coefficient (Wildman–Crippen LogP) is 2.77. The van der Waals surface area contributed by atoms with Gasteiger partial charge in [0, 0.05) is 0 Å². The van der Waals surface area contributed by atoms with E-state index in [4.69, 9.17) is 4.74 Å². The van der Waals surface area contributed by atoms with Gasteiger partial charge in [0.15, 0.2) is 0 Å². The van der Waals surface area contributed by atoms with E-state index in [-0.39, 0.29) is 6.04 Å². The van der Waals surface area contributed by atoms with Gasteiger partial charge in [0.05, 0.1) is 0 Å². The first kappa shape index (κ1) is 10.7. The van der Waals surface area contributed by atoms with Crippen LogP contribution in [0, 0.1) is 0 Å². The first-order chi connectivity index (χ1) is 7.88. The summed E-state index contributed by atoms with van der Waals surface area (Å²) in [5.41, 5.74) is 1.29. The van der Waals surface area contributed by atoms with E-state index in [0.29, 0.717) is 12.5 Å². The topological polar surface area (TPSA) is 21.6 Å². The van der Waals surface area contributed by atoms with Crippen LogP contribution in [0.15, 0.2) is 60.1 Å². The Morgan fingerprint density at radius 1 is 1.38 bits per heavy atom. The molecule has 1 aromatic carbocycles. The van der Waals surface area contributed by atoms with Crippen molar-refractivity contribution in [3.8, 4) is 0 Å². The Morgan fingerprint density at radius 3 is 2.88 bits per heavy atom. The van der Waals surface area contributed by atoms with Crippen LogP contribution in [0.4, 0.5) is 0 Å². The zero-order valence-electron chi connectivity index (χ0n) is 9.17. The Hall–Kier alpha value is -1.83. The molecule has 1 aromatic rings. The van der Waals surface area contributed by atoms with Crippen molar-refractivity contribution < 1.29 is 4.74 Å². The molecule has 1 aliphatic rings. The molecule has 0 aromatic heterocycles. The number of rotatable bonds is 4. The lowest BCUT2D eigenvalue weighted by Gasteiger charge is -1.95. The van der Waals surface area contributed by atoms with Gasteiger partial charge in [0.1, 0.15) is 12.6 Å². The second-order valence-electron chi connectivity index (χ2n) is 3.67. The van der Waals surface area contributed by atoms with Crippen LogP contribution in [0.3, 0.4) is 0 Å². The number of ether oxygens (including phenoxy) is 1. The van der Waals surface area contributed by atoms with E-state index in [1.165, 1.54) is 5.56 Å². The number of hydrogen-bond acceptors (Lipinski definition) is 2. The highest BCUT2D eigenvalue weighted by molar-refractivity contribution is 5.89. The predicted molar refractivity (Wildman–Crippen MR) is 66.7 cm³/mol. The van der Waals surface area contributed by atoms with Gasteiger partial charge in [-0.1, -0.05) is 42.5 Å². The maximum atomic E-state index is 5.39. The van der Waals surface area contributed by atoms with E-state index in [2.05, 4.69) is 29.8 Å². The van der Waals surface area contributed by atoms with E-state index in [1.807, 2.05) is 24.3 Å². The van der Waals surface area contributed by atoms with Gasteiger partial charge in [0.2, 0.25) is 5.90 Å². The van der Waals surface area contributed by atoms with Gasteiger partial charge in [-0.2, -0.15) is 0 Å². The lowest BCUT2D eigenvalue weighted by atomic mass is 10.1. The van der Waals surface area contributed by atoms with Gasteiger partial charge in [0.25, 0.3) is 0 Å². The van der Waals surface area contributed by atoms with Crippen molar-refractivity contribution >= 4 is 5.90 Å². The SMILES string of the molecule is C=CC1COC(C=CCc2ccccc2)=N1. The van der Waals surface area contributed by atoms with Crippen molar-refractivity contribution in [2.45, 2.75) is 12.5 Å². The fraction of sp³-hybridized carbons (Fsp3) is 0.214. The van der Waals surface area contributed by atoms with Gasteiger partial charge < -0.3 is 4.74 Å². The minimum atomic E-state index is 0.122. The Kier molecular flexibility index (Phi) is 3.54. The monoisotopic (exact) mass is 213 g/mol. The van der Waals surface area contributed by atoms with Crippen molar-refractivity contribution in [2.75, 3.05) is 6.61 Å². The van der Waals surface area contributed by atoms with Crippen LogP contribution in [0.25, 0.3) is 0 Å². The molecule has 0 spiro atoms. The smallest absolute Gasteiger partial charge is 0.209 e. The van der Waals surface area contributed by atoms with E-state index in [0.717, 1.165) is 6.42 Å². The molecule has 0 amide bonds. The lowest BCUT2D eigenvalue weighted by Crippen LogP contribution is -2.00. The lowest BCUT2D eigenvalue weighted by molar-refractivity contribution is 0.333. The molecule has 0 N–H and O–H groups in total. The van der Waals surface area contributed by atoms with Crippen LogP contribution in [-0.2, 0) is 11.2 Å². The van der Waals surface area contributed by atoms with E-state index < -0.39 is 0 Å². The number of allylic oxidation sites excluding steroid dienone is 1. The molecule has 2 rings (SSSR count). The Labute approximate surface area is 96.0 Å². The van der Waals surface area contributed by atoms with E-state index in [9.17, 15) is 0 Å². The molecule has 0 bridgehead atoms. The summed E-state index contributed by atoms with van der Waals surface area (Å²) in [6, 6.07) is 10.4. The van der Waals surface area contributed by atoms with Crippen molar-refractivity contribution in [1.82, 2.24) is 0 Å². The second-order valence-corrected chi connectivity index (χ2v) is 3.67. The number of hydrogen-bond donors (Lipinski definition) is 0. The van der Waals surface area contributed by atoms with Crippen LogP contribution in [0.5, 0.6) is 0 Å². The van der Waals surface area contributed by atoms with Gasteiger partial charge in [-0.05, 0) is 18.1 Å². The zero-order valence-corrected chi connectivity index (χ0v) is 9.17. The Bertz CT molecular complexity index is 406. The highest BCUT2D eigenvalue weighted by Gasteiger charge is 2.12. The average Bonchev–Trinajstić information content (AvgIpc) is 2.78. The van der Waals surface area contributed by atoms with Gasteiger partial charge >= 0.3 is 0 Å². The molecule has 82 valence electrons. The van der Waals surface area contributed by atoms with Crippen molar-refractivity contribution in [1.29, 1.82) is 0 Å². The molecule has 0 saturated carbocycles. The van der Waals surface area contributed by atoms with Crippen LogP contribution in [-0.4, -0.2) is 18.5 Å². The van der Waals surface area contributed by atoms with Gasteiger partial charge in [-0.15, -0.1) is 6.58 Å². The van der Waals surface area contributed by atoms with Crippen molar-refractivity contribution in [2.24, 2.45) is 4.99 Å². The molecule has 2 nitrogen and oxygen atoms in total. The van der Waals surface area contributed by atoms with Crippen LogP contribution >= 0.6 is 0 Å². The molecule has 1 unspecified atom stereocenters. The summed E-state index contributed by atoms with van der Waals surface area (Å²) in [5, 5.41) is 0. The molecule has 0 aliphatic carbocycles. The number of benzene rings is 1. The van der Waals surface area contributed by atoms with Crippen LogP contribution in [0.1, 0.15) is 5.56 Å². The highest BCUT2D eigenvalue weighted by atomic mass is 16.5. The van der Waals surface area contributed by atoms with Gasteiger partial charge in [-0.25, -0.2) is 4.99 Å². The molecule has 2 heteroatoms. The summed E-state index contributed by atoms with van der Waals surface area (Å²) < 4.78 is 5.39. The van der Waals surface area contributed by atoms with E-state index in [1.54, 1.807) is 6.08 Å². The van der Waals surface area contributed by atoms with Crippen LogP contribution < -0.4 is 0 Å². The summed E-state index contributed by atoms with van der Waals surface area (Å²) in [7, 11) is 0. The van der Waals surface area contributed by atoms with Gasteiger partial charge in [-0.3, -0.25) is 0 Å². The number of nitrogens with zero attached hydrogens (tertiary/aromatic N) is 1. The van der Waals surface area contributed by atoms with Crippen LogP contribution in [0.2, 0.25) is 0 Å². The summed E-state index contributed by atoms with van der Waals surface area (Å²) in [5.74, 6) is 0.709. The minimum absolute atomic E-state index is 0.122. The zero-order chi connectivity index (χ0) is 11.2. The molecular weight excluding hydrogens is 198 g/mol. The summed E-state index contributed by atoms with van der Waals surface area (Å²) >= 11 is 0. The first-order valence-electron chi connectivity index (χ1n) is 5.42. The molecule has 0 radical (unpaired) electrons. The quantitative estimate of drug-likeness (QED) is 0.705. The normalized spacial score (nSPS) is 19.5. The molecule has 1 aliphatic heterocycles. The third kappa shape index (κ3) is 2.83. The summed E-state index contributed by atoms with van der Waals surface area (Å²) in [4.78, 5) is 4.33. The second kappa shape index (κ2) is 5.31. The number of aliphatic imine (C=N–C) groups is 1. The Morgan fingerprint density at radius 2 is 2.19 bits per heavy atom. The van der Waals surface area contributed by atoms with Crippen molar-refractivity contribution in [3.63, 3.8) is 0 Å². The molecule has 1 atom stereocenters. The van der Waals surface area contributed by atoms with E-state index >= 15 is 0 Å². The molecule has 0 fully saturated rings.